The first-order valence-electron chi connectivity index (χ1n) is 4.92. The summed E-state index contributed by atoms with van der Waals surface area (Å²) in [6, 6.07) is 1.92. The largest absolute Gasteiger partial charge is 0.362 e. The standard InChI is InChI=1S/C12H17NOS/c1-8(2)6-15-7-12(14)11-5-9(3)13-10(11)4/h5,13H,1,6-7H2,2-4H3. The van der Waals surface area contributed by atoms with Crippen LogP contribution in [0.15, 0.2) is 18.2 Å². The van der Waals surface area contributed by atoms with Gasteiger partial charge < -0.3 is 4.98 Å². The fraction of sp³-hybridized carbons (Fsp3) is 0.417. The number of H-pyrrole nitrogens is 1. The molecule has 1 N–H and O–H groups in total. The van der Waals surface area contributed by atoms with E-state index in [1.165, 1.54) is 0 Å². The number of nitrogens with one attached hydrogen (secondary N) is 1. The Morgan fingerprint density at radius 3 is 2.60 bits per heavy atom. The van der Waals surface area contributed by atoms with E-state index in [0.29, 0.717) is 5.75 Å². The van der Waals surface area contributed by atoms with Gasteiger partial charge in [0, 0.05) is 22.7 Å². The summed E-state index contributed by atoms with van der Waals surface area (Å²) in [5, 5.41) is 0. The number of ketones is 1. The maximum absolute atomic E-state index is 11.8. The second-order valence-electron chi connectivity index (χ2n) is 3.86. The number of thioether (sulfide) groups is 1. The molecule has 15 heavy (non-hydrogen) atoms. The molecular weight excluding hydrogens is 206 g/mol. The van der Waals surface area contributed by atoms with Crippen LogP contribution in [0.25, 0.3) is 0 Å². The normalized spacial score (nSPS) is 10.3. The number of aromatic amines is 1. The number of carbonyl (C=O) groups excluding carboxylic acids is 1. The highest BCUT2D eigenvalue weighted by Gasteiger charge is 2.10. The zero-order valence-corrected chi connectivity index (χ0v) is 10.3. The van der Waals surface area contributed by atoms with Gasteiger partial charge in [0.25, 0.3) is 0 Å². The lowest BCUT2D eigenvalue weighted by molar-refractivity contribution is 0.102. The van der Waals surface area contributed by atoms with Gasteiger partial charge in [0.1, 0.15) is 0 Å². The van der Waals surface area contributed by atoms with Gasteiger partial charge in [0.15, 0.2) is 5.78 Å². The Hall–Kier alpha value is -0.960. The molecule has 0 unspecified atom stereocenters. The van der Waals surface area contributed by atoms with E-state index in [1.54, 1.807) is 11.8 Å². The van der Waals surface area contributed by atoms with Crippen molar-refractivity contribution in [2.75, 3.05) is 11.5 Å². The van der Waals surface area contributed by atoms with E-state index in [9.17, 15) is 4.79 Å². The molecule has 0 atom stereocenters. The van der Waals surface area contributed by atoms with Crippen molar-refractivity contribution in [2.45, 2.75) is 20.8 Å². The van der Waals surface area contributed by atoms with Gasteiger partial charge in [-0.15, -0.1) is 11.8 Å². The summed E-state index contributed by atoms with van der Waals surface area (Å²) in [5.74, 6) is 1.59. The highest BCUT2D eigenvalue weighted by atomic mass is 32.2. The van der Waals surface area contributed by atoms with Crippen molar-refractivity contribution in [2.24, 2.45) is 0 Å². The van der Waals surface area contributed by atoms with E-state index < -0.39 is 0 Å². The van der Waals surface area contributed by atoms with Crippen LogP contribution < -0.4 is 0 Å². The highest BCUT2D eigenvalue weighted by Crippen LogP contribution is 2.14. The summed E-state index contributed by atoms with van der Waals surface area (Å²) in [6.07, 6.45) is 0. The molecule has 1 aromatic heterocycles. The Kier molecular flexibility index (Phi) is 4.21. The summed E-state index contributed by atoms with van der Waals surface area (Å²) in [4.78, 5) is 14.9. The number of carbonyl (C=O) groups is 1. The molecule has 0 aliphatic rings. The number of aromatic nitrogens is 1. The lowest BCUT2D eigenvalue weighted by Crippen LogP contribution is -2.03. The molecule has 0 saturated heterocycles. The van der Waals surface area contributed by atoms with E-state index in [0.717, 1.165) is 28.3 Å². The molecule has 0 fully saturated rings. The Morgan fingerprint density at radius 1 is 1.47 bits per heavy atom. The van der Waals surface area contributed by atoms with Gasteiger partial charge in [-0.05, 0) is 26.8 Å². The third-order valence-corrected chi connectivity index (χ3v) is 3.19. The zero-order chi connectivity index (χ0) is 11.4. The first-order valence-corrected chi connectivity index (χ1v) is 6.07. The predicted octanol–water partition coefficient (Wildman–Crippen LogP) is 3.12. The van der Waals surface area contributed by atoms with Crippen molar-refractivity contribution in [1.29, 1.82) is 0 Å². The van der Waals surface area contributed by atoms with Gasteiger partial charge >= 0.3 is 0 Å². The van der Waals surface area contributed by atoms with E-state index in [4.69, 9.17) is 0 Å². The highest BCUT2D eigenvalue weighted by molar-refractivity contribution is 8.00. The third kappa shape index (κ3) is 3.59. The SMILES string of the molecule is C=C(C)CSCC(=O)c1cc(C)[nH]c1C. The maximum atomic E-state index is 11.8. The summed E-state index contributed by atoms with van der Waals surface area (Å²) in [5.41, 5.74) is 3.94. The molecule has 2 nitrogen and oxygen atoms in total. The average molecular weight is 223 g/mol. The summed E-state index contributed by atoms with van der Waals surface area (Å²) >= 11 is 1.62. The van der Waals surface area contributed by atoms with Crippen LogP contribution in [-0.4, -0.2) is 22.3 Å². The molecule has 0 amide bonds. The summed E-state index contributed by atoms with van der Waals surface area (Å²) < 4.78 is 0. The van der Waals surface area contributed by atoms with E-state index in [2.05, 4.69) is 11.6 Å². The van der Waals surface area contributed by atoms with Crippen LogP contribution in [0.4, 0.5) is 0 Å². The lowest BCUT2D eigenvalue weighted by atomic mass is 10.2. The Labute approximate surface area is 95.2 Å². The molecule has 0 aromatic carbocycles. The third-order valence-electron chi connectivity index (χ3n) is 2.03. The van der Waals surface area contributed by atoms with Gasteiger partial charge in [0.05, 0.1) is 5.75 Å². The molecule has 1 heterocycles. The minimum absolute atomic E-state index is 0.197. The first-order chi connectivity index (χ1) is 7.00. The second kappa shape index (κ2) is 5.21. The fourth-order valence-corrected chi connectivity index (χ4v) is 2.20. The van der Waals surface area contributed by atoms with Crippen LogP contribution in [0, 0.1) is 13.8 Å². The predicted molar refractivity (Wildman–Crippen MR) is 66.7 cm³/mol. The van der Waals surface area contributed by atoms with Crippen molar-refractivity contribution < 1.29 is 4.79 Å². The molecule has 1 aromatic rings. The van der Waals surface area contributed by atoms with Crippen LogP contribution >= 0.6 is 11.8 Å². The smallest absolute Gasteiger partial charge is 0.174 e. The van der Waals surface area contributed by atoms with Crippen LogP contribution in [0.2, 0.25) is 0 Å². The van der Waals surface area contributed by atoms with Crippen molar-refractivity contribution >= 4 is 17.5 Å². The van der Waals surface area contributed by atoms with Crippen LogP contribution in [0.1, 0.15) is 28.7 Å². The van der Waals surface area contributed by atoms with Crippen molar-refractivity contribution in [1.82, 2.24) is 4.98 Å². The zero-order valence-electron chi connectivity index (χ0n) is 9.52. The molecule has 0 aliphatic carbocycles. The van der Waals surface area contributed by atoms with E-state index >= 15 is 0 Å². The van der Waals surface area contributed by atoms with Crippen LogP contribution in [0.5, 0.6) is 0 Å². The van der Waals surface area contributed by atoms with Crippen molar-refractivity contribution in [3.63, 3.8) is 0 Å². The minimum atomic E-state index is 0.197. The number of rotatable bonds is 5. The molecular formula is C12H17NOS. The molecule has 1 rings (SSSR count). The van der Waals surface area contributed by atoms with E-state index in [-0.39, 0.29) is 5.78 Å². The molecule has 3 heteroatoms. The molecule has 0 spiro atoms. The molecule has 0 aliphatic heterocycles. The average Bonchev–Trinajstić information content (AvgIpc) is 2.44. The number of Topliss-reactive ketones (excluding diaryl/α,β-unsaturated/α-hetero) is 1. The van der Waals surface area contributed by atoms with Gasteiger partial charge in [-0.25, -0.2) is 0 Å². The fourth-order valence-electron chi connectivity index (χ4n) is 1.41. The lowest BCUT2D eigenvalue weighted by Gasteiger charge is -2.00. The van der Waals surface area contributed by atoms with Crippen molar-refractivity contribution in [3.8, 4) is 0 Å². The minimum Gasteiger partial charge on any atom is -0.362 e. The second-order valence-corrected chi connectivity index (χ2v) is 4.85. The summed E-state index contributed by atoms with van der Waals surface area (Å²) in [7, 11) is 0. The van der Waals surface area contributed by atoms with Gasteiger partial charge in [0.2, 0.25) is 0 Å². The Morgan fingerprint density at radius 2 is 2.13 bits per heavy atom. The molecule has 0 radical (unpaired) electrons. The Bertz CT molecular complexity index is 379. The van der Waals surface area contributed by atoms with Crippen LogP contribution in [-0.2, 0) is 0 Å². The number of hydrogen-bond donors (Lipinski definition) is 1. The monoisotopic (exact) mass is 223 g/mol. The number of hydrogen-bond acceptors (Lipinski definition) is 2. The topological polar surface area (TPSA) is 32.9 Å². The van der Waals surface area contributed by atoms with Crippen molar-refractivity contribution in [3.05, 3.63) is 35.2 Å². The van der Waals surface area contributed by atoms with Gasteiger partial charge in [-0.2, -0.15) is 0 Å². The summed E-state index contributed by atoms with van der Waals surface area (Å²) in [6.45, 7) is 9.68. The quantitative estimate of drug-likeness (QED) is 0.614. The Balaban J connectivity index is 2.54. The van der Waals surface area contributed by atoms with Gasteiger partial charge in [-0.1, -0.05) is 12.2 Å². The van der Waals surface area contributed by atoms with E-state index in [1.807, 2.05) is 26.8 Å². The first kappa shape index (κ1) is 12.1. The number of aryl methyl sites for hydroxylation is 2. The molecule has 0 bridgehead atoms. The molecule has 0 saturated carbocycles. The van der Waals surface area contributed by atoms with Crippen LogP contribution in [0.3, 0.4) is 0 Å². The molecule has 82 valence electrons. The van der Waals surface area contributed by atoms with Gasteiger partial charge in [-0.3, -0.25) is 4.79 Å². The maximum Gasteiger partial charge on any atom is 0.174 e.